The molecule has 130 valence electrons. The number of aromatic nitrogens is 1. The number of hydrogen-bond acceptors (Lipinski definition) is 4. The van der Waals surface area contributed by atoms with E-state index in [9.17, 15) is 9.59 Å². The Morgan fingerprint density at radius 2 is 2.08 bits per heavy atom. The first-order chi connectivity index (χ1) is 11.6. The van der Waals surface area contributed by atoms with Gasteiger partial charge in [0.2, 0.25) is 11.8 Å². The minimum absolute atomic E-state index is 0.0305. The maximum atomic E-state index is 12.7. The molecule has 0 bridgehead atoms. The van der Waals surface area contributed by atoms with Gasteiger partial charge in [0.05, 0.1) is 12.7 Å². The van der Waals surface area contributed by atoms with Crippen LogP contribution in [0.5, 0.6) is 5.75 Å². The second kappa shape index (κ2) is 7.64. The molecule has 1 saturated carbocycles. The number of hydrogen-bond donors (Lipinski definition) is 1. The Bertz CT molecular complexity index is 572. The number of amides is 2. The smallest absolute Gasteiger partial charge is 0.240 e. The third kappa shape index (κ3) is 4.04. The standard InChI is InChI=1S/C18H25N3O3/c19-18(23)16-10-15(24-14-7-4-8-20-11-14)12-21(16)17(22)9-13-5-2-1-3-6-13/h4,7-8,11,13,15-16H,1-3,5-6,9-10,12H2,(H2,19,23)/t15-,16-/m0/s1. The van der Waals surface area contributed by atoms with Gasteiger partial charge in [0.15, 0.2) is 0 Å². The SMILES string of the molecule is NC(=O)[C@@H]1C[C@H](Oc2cccnc2)CN1C(=O)CC1CCCCC1. The summed E-state index contributed by atoms with van der Waals surface area (Å²) in [5, 5.41) is 0. The van der Waals surface area contributed by atoms with Crippen molar-refractivity contribution in [3.63, 3.8) is 0 Å². The summed E-state index contributed by atoms with van der Waals surface area (Å²) < 4.78 is 5.86. The van der Waals surface area contributed by atoms with Gasteiger partial charge in [0.25, 0.3) is 0 Å². The van der Waals surface area contributed by atoms with Crippen LogP contribution in [-0.2, 0) is 9.59 Å². The van der Waals surface area contributed by atoms with E-state index in [1.807, 2.05) is 6.07 Å². The highest BCUT2D eigenvalue weighted by atomic mass is 16.5. The molecule has 2 amide bonds. The second-order valence-corrected chi connectivity index (χ2v) is 6.84. The van der Waals surface area contributed by atoms with Crippen molar-refractivity contribution in [2.45, 2.75) is 57.1 Å². The Hall–Kier alpha value is -2.11. The number of likely N-dealkylation sites (tertiary alicyclic amines) is 1. The molecule has 2 fully saturated rings. The van der Waals surface area contributed by atoms with Gasteiger partial charge in [0.1, 0.15) is 17.9 Å². The maximum Gasteiger partial charge on any atom is 0.240 e. The number of nitrogens with zero attached hydrogens (tertiary/aromatic N) is 2. The lowest BCUT2D eigenvalue weighted by atomic mass is 9.86. The van der Waals surface area contributed by atoms with Crippen molar-refractivity contribution < 1.29 is 14.3 Å². The molecule has 2 heterocycles. The molecule has 2 atom stereocenters. The molecule has 2 aliphatic rings. The second-order valence-electron chi connectivity index (χ2n) is 6.84. The van der Waals surface area contributed by atoms with Crippen LogP contribution in [0.3, 0.4) is 0 Å². The summed E-state index contributed by atoms with van der Waals surface area (Å²) in [7, 11) is 0. The number of carbonyl (C=O) groups is 2. The van der Waals surface area contributed by atoms with Gasteiger partial charge < -0.3 is 15.4 Å². The van der Waals surface area contributed by atoms with Gasteiger partial charge in [-0.25, -0.2) is 0 Å². The van der Waals surface area contributed by atoms with Crippen LogP contribution in [0.15, 0.2) is 24.5 Å². The van der Waals surface area contributed by atoms with E-state index in [0.29, 0.717) is 31.1 Å². The third-order valence-electron chi connectivity index (χ3n) is 5.04. The zero-order valence-electron chi connectivity index (χ0n) is 13.9. The van der Waals surface area contributed by atoms with Gasteiger partial charge in [-0.05, 0) is 30.9 Å². The summed E-state index contributed by atoms with van der Waals surface area (Å²) in [6, 6.07) is 3.04. The minimum Gasteiger partial charge on any atom is -0.487 e. The van der Waals surface area contributed by atoms with Crippen LogP contribution in [-0.4, -0.2) is 40.4 Å². The third-order valence-corrected chi connectivity index (χ3v) is 5.04. The van der Waals surface area contributed by atoms with E-state index in [0.717, 1.165) is 12.8 Å². The first-order valence-electron chi connectivity index (χ1n) is 8.79. The molecule has 6 heteroatoms. The largest absolute Gasteiger partial charge is 0.487 e. The first-order valence-corrected chi connectivity index (χ1v) is 8.79. The van der Waals surface area contributed by atoms with E-state index < -0.39 is 11.9 Å². The van der Waals surface area contributed by atoms with Gasteiger partial charge in [0, 0.05) is 19.0 Å². The Morgan fingerprint density at radius 1 is 1.29 bits per heavy atom. The van der Waals surface area contributed by atoms with Crippen molar-refractivity contribution in [3.8, 4) is 5.75 Å². The first kappa shape index (κ1) is 16.7. The lowest BCUT2D eigenvalue weighted by Gasteiger charge is -2.26. The number of ether oxygens (including phenoxy) is 1. The molecule has 1 aliphatic heterocycles. The van der Waals surface area contributed by atoms with Crippen molar-refractivity contribution in [2.24, 2.45) is 11.7 Å². The molecular formula is C18H25N3O3. The van der Waals surface area contributed by atoms with E-state index in [1.165, 1.54) is 19.3 Å². The Morgan fingerprint density at radius 3 is 2.75 bits per heavy atom. The minimum atomic E-state index is -0.567. The molecule has 3 rings (SSSR count). The molecule has 0 unspecified atom stereocenters. The molecule has 2 N–H and O–H groups in total. The van der Waals surface area contributed by atoms with Gasteiger partial charge in [-0.1, -0.05) is 19.3 Å². The fourth-order valence-corrected chi connectivity index (χ4v) is 3.79. The molecule has 1 aromatic rings. The van der Waals surface area contributed by atoms with Crippen molar-refractivity contribution in [2.75, 3.05) is 6.54 Å². The highest BCUT2D eigenvalue weighted by Gasteiger charge is 2.40. The number of pyridine rings is 1. The summed E-state index contributed by atoms with van der Waals surface area (Å²) >= 11 is 0. The Kier molecular flexibility index (Phi) is 5.33. The zero-order valence-corrected chi connectivity index (χ0v) is 13.9. The van der Waals surface area contributed by atoms with E-state index in [-0.39, 0.29) is 12.0 Å². The van der Waals surface area contributed by atoms with Crippen molar-refractivity contribution in [1.82, 2.24) is 9.88 Å². The van der Waals surface area contributed by atoms with Crippen LogP contribution in [0.4, 0.5) is 0 Å². The predicted octanol–water partition coefficient (Wildman–Crippen LogP) is 1.89. The van der Waals surface area contributed by atoms with Crippen LogP contribution in [0.1, 0.15) is 44.9 Å². The Labute approximate surface area is 142 Å². The summed E-state index contributed by atoms with van der Waals surface area (Å²) in [4.78, 5) is 30.1. The monoisotopic (exact) mass is 331 g/mol. The van der Waals surface area contributed by atoms with Gasteiger partial charge in [-0.3, -0.25) is 14.6 Å². The molecule has 1 aromatic heterocycles. The van der Waals surface area contributed by atoms with E-state index >= 15 is 0 Å². The van der Waals surface area contributed by atoms with Crippen molar-refractivity contribution in [1.29, 1.82) is 0 Å². The molecule has 0 aromatic carbocycles. The van der Waals surface area contributed by atoms with E-state index in [2.05, 4.69) is 4.98 Å². The molecule has 6 nitrogen and oxygen atoms in total. The van der Waals surface area contributed by atoms with Gasteiger partial charge >= 0.3 is 0 Å². The predicted molar refractivity (Wildman–Crippen MR) is 89.2 cm³/mol. The number of carbonyl (C=O) groups excluding carboxylic acids is 2. The quantitative estimate of drug-likeness (QED) is 0.893. The normalized spacial score (nSPS) is 24.8. The number of nitrogens with two attached hydrogens (primary N) is 1. The Balaban J connectivity index is 1.62. The maximum absolute atomic E-state index is 12.7. The van der Waals surface area contributed by atoms with Crippen LogP contribution >= 0.6 is 0 Å². The zero-order chi connectivity index (χ0) is 16.9. The molecule has 0 spiro atoms. The van der Waals surface area contributed by atoms with Crippen molar-refractivity contribution >= 4 is 11.8 Å². The summed E-state index contributed by atoms with van der Waals surface area (Å²) in [6.45, 7) is 0.411. The van der Waals surface area contributed by atoms with Gasteiger partial charge in [-0.15, -0.1) is 0 Å². The van der Waals surface area contributed by atoms with Crippen LogP contribution in [0.2, 0.25) is 0 Å². The lowest BCUT2D eigenvalue weighted by Crippen LogP contribution is -2.44. The summed E-state index contributed by atoms with van der Waals surface area (Å²) in [5.74, 6) is 0.664. The average Bonchev–Trinajstić information content (AvgIpc) is 3.01. The lowest BCUT2D eigenvalue weighted by molar-refractivity contribution is -0.138. The molecule has 24 heavy (non-hydrogen) atoms. The highest BCUT2D eigenvalue weighted by molar-refractivity contribution is 5.87. The van der Waals surface area contributed by atoms with Crippen molar-refractivity contribution in [3.05, 3.63) is 24.5 Å². The van der Waals surface area contributed by atoms with E-state index in [1.54, 1.807) is 23.4 Å². The van der Waals surface area contributed by atoms with Crippen LogP contribution < -0.4 is 10.5 Å². The molecule has 1 saturated heterocycles. The number of primary amides is 1. The highest BCUT2D eigenvalue weighted by Crippen LogP contribution is 2.29. The fourth-order valence-electron chi connectivity index (χ4n) is 3.79. The van der Waals surface area contributed by atoms with Crippen LogP contribution in [0, 0.1) is 5.92 Å². The molecular weight excluding hydrogens is 306 g/mol. The fraction of sp³-hybridized carbons (Fsp3) is 0.611. The molecule has 0 radical (unpaired) electrons. The van der Waals surface area contributed by atoms with E-state index in [4.69, 9.17) is 10.5 Å². The summed E-state index contributed by atoms with van der Waals surface area (Å²) in [5.41, 5.74) is 5.51. The van der Waals surface area contributed by atoms with Crippen LogP contribution in [0.25, 0.3) is 0 Å². The summed E-state index contributed by atoms with van der Waals surface area (Å²) in [6.07, 6.45) is 9.92. The molecule has 1 aliphatic carbocycles. The number of rotatable bonds is 5. The topological polar surface area (TPSA) is 85.5 Å². The average molecular weight is 331 g/mol. The van der Waals surface area contributed by atoms with Gasteiger partial charge in [-0.2, -0.15) is 0 Å².